The second-order valence-electron chi connectivity index (χ2n) is 7.59. The second kappa shape index (κ2) is 12.3. The molecule has 0 saturated carbocycles. The van der Waals surface area contributed by atoms with Crippen molar-refractivity contribution in [2.45, 2.75) is 15.8 Å². The highest BCUT2D eigenvalue weighted by Crippen LogP contribution is 2.36. The average molecular weight is 559 g/mol. The normalized spacial score (nSPS) is 13.3. The number of rotatable bonds is 12. The van der Waals surface area contributed by atoms with E-state index < -0.39 is 53.2 Å². The molecule has 16 nitrogen and oxygen atoms in total. The Morgan fingerprint density at radius 3 is 2.35 bits per heavy atom. The fourth-order valence-electron chi connectivity index (χ4n) is 3.31. The van der Waals surface area contributed by atoms with Crippen molar-refractivity contribution >= 4 is 37.5 Å². The maximum atomic E-state index is 12.9. The summed E-state index contributed by atoms with van der Waals surface area (Å²) in [6.45, 7) is -0.672. The van der Waals surface area contributed by atoms with Crippen LogP contribution in [-0.2, 0) is 20.0 Å². The van der Waals surface area contributed by atoms with Crippen molar-refractivity contribution in [2.75, 3.05) is 32.0 Å². The highest BCUT2D eigenvalue weighted by molar-refractivity contribution is 7.92. The summed E-state index contributed by atoms with van der Waals surface area (Å²) in [5, 5.41) is 20.6. The quantitative estimate of drug-likeness (QED) is 0.0391. The van der Waals surface area contributed by atoms with Crippen LogP contribution in [0.1, 0.15) is 15.9 Å². The van der Waals surface area contributed by atoms with E-state index in [4.69, 9.17) is 39.0 Å². The smallest absolute Gasteiger partial charge is 0.253 e. The fraction of sp³-hybridized carbons (Fsp3) is 0.263. The first-order chi connectivity index (χ1) is 17.3. The molecule has 0 saturated heterocycles. The number of nitrogen functional groups attached to an aromatic ring is 1. The number of nitrogens with zero attached hydrogens (tertiary/aromatic N) is 1. The third-order valence-corrected chi connectivity index (χ3v) is 7.60. The van der Waals surface area contributed by atoms with Crippen molar-refractivity contribution in [1.29, 1.82) is 0 Å². The van der Waals surface area contributed by atoms with E-state index in [0.29, 0.717) is 0 Å². The molecule has 0 fully saturated rings. The summed E-state index contributed by atoms with van der Waals surface area (Å²) in [4.78, 5) is 11.1. The molecular formula is C19H30N10O6S2. The van der Waals surface area contributed by atoms with Crippen LogP contribution in [0.3, 0.4) is 0 Å². The number of aliphatic hydroxyl groups is 1. The molecule has 2 rings (SSSR count). The zero-order chi connectivity index (χ0) is 28.0. The summed E-state index contributed by atoms with van der Waals surface area (Å²) >= 11 is 0. The first-order valence-electron chi connectivity index (χ1n) is 10.5. The van der Waals surface area contributed by atoms with Gasteiger partial charge in [-0.3, -0.25) is 4.79 Å². The monoisotopic (exact) mass is 558 g/mol. The second-order valence-corrected chi connectivity index (χ2v) is 10.8. The highest BCUT2D eigenvalue weighted by atomic mass is 32.2. The number of primary sulfonamides is 1. The van der Waals surface area contributed by atoms with E-state index in [-0.39, 0.29) is 48.6 Å². The molecular weight excluding hydrogens is 528 g/mol. The molecule has 0 bridgehead atoms. The third kappa shape index (κ3) is 6.90. The molecule has 1 amide bonds. The lowest BCUT2D eigenvalue weighted by molar-refractivity contribution is 0.0948. The topological polar surface area (TPSA) is 310 Å². The molecule has 204 valence electrons. The van der Waals surface area contributed by atoms with Crippen LogP contribution in [0.15, 0.2) is 45.2 Å². The van der Waals surface area contributed by atoms with Crippen LogP contribution < -0.4 is 49.5 Å². The van der Waals surface area contributed by atoms with Gasteiger partial charge in [-0.15, -0.1) is 5.10 Å². The Bertz CT molecular complexity index is 1400. The number of aliphatic hydroxyl groups excluding tert-OH is 1. The number of carbonyl (C=O) groups is 1. The number of para-hydroxylation sites is 1. The molecule has 1 unspecified atom stereocenters. The number of amides is 1. The molecule has 0 aliphatic carbocycles. The maximum absolute atomic E-state index is 12.9. The number of hydrogen-bond acceptors (Lipinski definition) is 12. The first kappa shape index (κ1) is 29.9. The molecule has 0 spiro atoms. The number of hydrogen-bond donors (Lipinski definition) is 10. The van der Waals surface area contributed by atoms with E-state index in [1.54, 1.807) is 0 Å². The number of carbonyl (C=O) groups excluding carboxylic acids is 1. The Kier molecular flexibility index (Phi) is 9.89. The van der Waals surface area contributed by atoms with Crippen LogP contribution in [0.25, 0.3) is 11.1 Å². The maximum Gasteiger partial charge on any atom is 0.253 e. The minimum atomic E-state index is -4.76. The molecule has 0 aromatic heterocycles. The van der Waals surface area contributed by atoms with Crippen molar-refractivity contribution < 1.29 is 26.7 Å². The van der Waals surface area contributed by atoms with Crippen LogP contribution in [0.2, 0.25) is 0 Å². The van der Waals surface area contributed by atoms with Crippen LogP contribution in [0, 0.1) is 0 Å². The van der Waals surface area contributed by atoms with Gasteiger partial charge in [0, 0.05) is 36.8 Å². The van der Waals surface area contributed by atoms with Gasteiger partial charge < -0.3 is 33.4 Å². The van der Waals surface area contributed by atoms with Gasteiger partial charge in [0.15, 0.2) is 5.84 Å². The Morgan fingerprint density at radius 1 is 1.11 bits per heavy atom. The summed E-state index contributed by atoms with van der Waals surface area (Å²) in [5.74, 6) is 4.05. The minimum absolute atomic E-state index is 0.0143. The van der Waals surface area contributed by atoms with Gasteiger partial charge >= 0.3 is 0 Å². The summed E-state index contributed by atoms with van der Waals surface area (Å²) < 4.78 is 53.3. The van der Waals surface area contributed by atoms with Gasteiger partial charge in [0.1, 0.15) is 9.79 Å². The number of nitrogens with two attached hydrogens (primary N) is 6. The molecule has 2 aromatic rings. The van der Waals surface area contributed by atoms with Crippen LogP contribution in [-0.4, -0.2) is 66.0 Å². The average Bonchev–Trinajstić information content (AvgIpc) is 2.84. The Hall–Kier alpha value is -3.36. The van der Waals surface area contributed by atoms with Gasteiger partial charge in [-0.2, -0.15) is 0 Å². The van der Waals surface area contributed by atoms with Gasteiger partial charge in [0.2, 0.25) is 20.0 Å². The number of sulfonamides is 2. The fourth-order valence-corrected chi connectivity index (χ4v) is 5.98. The third-order valence-electron chi connectivity index (χ3n) is 4.97. The molecule has 0 radical (unpaired) electrons. The molecule has 0 aliphatic rings. The van der Waals surface area contributed by atoms with Crippen LogP contribution in [0.4, 0.5) is 5.69 Å². The van der Waals surface area contributed by atoms with E-state index in [9.17, 15) is 21.6 Å². The van der Waals surface area contributed by atoms with Crippen molar-refractivity contribution in [3.8, 4) is 11.1 Å². The number of benzene rings is 2. The van der Waals surface area contributed by atoms with Gasteiger partial charge in [-0.25, -0.2) is 38.1 Å². The zero-order valence-corrected chi connectivity index (χ0v) is 21.1. The summed E-state index contributed by atoms with van der Waals surface area (Å²) in [5.41, 5.74) is 24.7. The molecule has 37 heavy (non-hydrogen) atoms. The lowest BCUT2D eigenvalue weighted by atomic mass is 9.95. The SMILES string of the molecule is NCCNS(=O)(=O)c1ccc(-c2cccc(C(=O)NCC(N)CO)c2N)c(/C(N)=N/NN)c1S(N)(=O)=O. The molecule has 1 atom stereocenters. The summed E-state index contributed by atoms with van der Waals surface area (Å²) in [6.07, 6.45) is 0. The highest BCUT2D eigenvalue weighted by Gasteiger charge is 2.32. The number of anilines is 1. The van der Waals surface area contributed by atoms with E-state index >= 15 is 0 Å². The summed E-state index contributed by atoms with van der Waals surface area (Å²) in [7, 11) is -9.20. The molecule has 18 heteroatoms. The van der Waals surface area contributed by atoms with Gasteiger partial charge in [0.05, 0.1) is 17.9 Å². The molecule has 16 N–H and O–H groups in total. The van der Waals surface area contributed by atoms with E-state index in [1.807, 2.05) is 5.53 Å². The predicted molar refractivity (Wildman–Crippen MR) is 137 cm³/mol. The van der Waals surface area contributed by atoms with Crippen molar-refractivity contribution in [3.05, 3.63) is 41.5 Å². The van der Waals surface area contributed by atoms with Gasteiger partial charge in [0.25, 0.3) is 5.91 Å². The van der Waals surface area contributed by atoms with Crippen LogP contribution >= 0.6 is 0 Å². The lowest BCUT2D eigenvalue weighted by Crippen LogP contribution is -2.39. The van der Waals surface area contributed by atoms with Crippen LogP contribution in [0.5, 0.6) is 0 Å². The van der Waals surface area contributed by atoms with E-state index in [2.05, 4.69) is 15.1 Å². The lowest BCUT2D eigenvalue weighted by Gasteiger charge is -2.19. The Balaban J connectivity index is 2.89. The number of nitrogens with one attached hydrogen (secondary N) is 3. The number of hydrazone groups is 1. The van der Waals surface area contributed by atoms with E-state index in [0.717, 1.165) is 6.07 Å². The number of amidine groups is 1. The van der Waals surface area contributed by atoms with E-state index in [1.165, 1.54) is 24.3 Å². The number of hydrazine groups is 1. The zero-order valence-electron chi connectivity index (χ0n) is 19.5. The summed E-state index contributed by atoms with van der Waals surface area (Å²) in [6, 6.07) is 5.81. The van der Waals surface area contributed by atoms with Gasteiger partial charge in [-0.05, 0) is 17.7 Å². The van der Waals surface area contributed by atoms with Crippen molar-refractivity contribution in [3.63, 3.8) is 0 Å². The Morgan fingerprint density at radius 2 is 1.78 bits per heavy atom. The first-order valence-corrected chi connectivity index (χ1v) is 13.5. The van der Waals surface area contributed by atoms with Crippen molar-refractivity contribution in [2.24, 2.45) is 33.3 Å². The van der Waals surface area contributed by atoms with Gasteiger partial charge in [-0.1, -0.05) is 18.2 Å². The standard InChI is InChI=1S/C19H30N10O6S2/c20-6-7-27-37(34,35)14-5-4-11(15(18(23)28-29-24)17(14)36(25,32)33)12-2-1-3-13(16(12)22)19(31)26-8-10(21)9-30/h1-5,10,27,29-30H,6-9,20-22,24H2,(H2,23,28)(H,26,31)(H2,25,32,33). The van der Waals surface area contributed by atoms with Crippen molar-refractivity contribution in [1.82, 2.24) is 15.6 Å². The molecule has 0 heterocycles. The predicted octanol–water partition coefficient (Wildman–Crippen LogP) is -4.05. The molecule has 0 aliphatic heterocycles. The Labute approximate surface area is 213 Å². The largest absolute Gasteiger partial charge is 0.398 e. The minimum Gasteiger partial charge on any atom is -0.398 e. The molecule has 2 aromatic carbocycles.